The van der Waals surface area contributed by atoms with Crippen LogP contribution in [0, 0.1) is 0 Å². The van der Waals surface area contributed by atoms with E-state index < -0.39 is 17.8 Å². The van der Waals surface area contributed by atoms with Crippen molar-refractivity contribution in [1.29, 1.82) is 0 Å². The molecule has 2 rings (SSSR count). The molecule has 1 aromatic carbocycles. The Labute approximate surface area is 134 Å². The molecule has 20 heavy (non-hydrogen) atoms. The maximum atomic E-state index is 12.8. The lowest BCUT2D eigenvalue weighted by Crippen LogP contribution is -2.29. The first-order chi connectivity index (χ1) is 9.32. The van der Waals surface area contributed by atoms with E-state index in [-0.39, 0.29) is 0 Å². The molecule has 0 aliphatic carbocycles. The third-order valence-corrected chi connectivity index (χ3v) is 5.09. The van der Waals surface area contributed by atoms with Gasteiger partial charge in [-0.25, -0.2) is 5.43 Å². The van der Waals surface area contributed by atoms with Crippen LogP contribution in [0.15, 0.2) is 37.9 Å². The zero-order chi connectivity index (χ0) is 14.9. The fraction of sp³-hybridized carbons (Fsp3) is 0.167. The number of halogens is 5. The summed E-state index contributed by atoms with van der Waals surface area (Å²) in [6, 6.07) is 6.42. The van der Waals surface area contributed by atoms with E-state index in [4.69, 9.17) is 5.84 Å². The van der Waals surface area contributed by atoms with Gasteiger partial charge in [-0.05, 0) is 55.6 Å². The van der Waals surface area contributed by atoms with Gasteiger partial charge in [0.15, 0.2) is 0 Å². The lowest BCUT2D eigenvalue weighted by molar-refractivity contribution is -0.137. The number of thiophene rings is 1. The van der Waals surface area contributed by atoms with Crippen LogP contribution in [0.3, 0.4) is 0 Å². The molecule has 2 nitrogen and oxygen atoms in total. The molecule has 0 saturated carbocycles. The SMILES string of the molecule is NNC(c1cccc(C(F)(F)F)c1)c1cc(Br)sc1Br. The average molecular weight is 430 g/mol. The Bertz CT molecular complexity index is 613. The number of nitrogens with two attached hydrogens (primary N) is 1. The Hall–Kier alpha value is -0.410. The van der Waals surface area contributed by atoms with E-state index in [2.05, 4.69) is 37.3 Å². The molecular formula is C12H9Br2F3N2S. The summed E-state index contributed by atoms with van der Waals surface area (Å²) in [4.78, 5) is 0. The van der Waals surface area contributed by atoms with Crippen molar-refractivity contribution in [2.45, 2.75) is 12.2 Å². The van der Waals surface area contributed by atoms with E-state index >= 15 is 0 Å². The van der Waals surface area contributed by atoms with Crippen LogP contribution in [-0.4, -0.2) is 0 Å². The van der Waals surface area contributed by atoms with Gasteiger partial charge in [-0.1, -0.05) is 12.1 Å². The number of alkyl halides is 3. The van der Waals surface area contributed by atoms with E-state index in [0.717, 1.165) is 25.3 Å². The summed E-state index contributed by atoms with van der Waals surface area (Å²) < 4.78 is 39.9. The lowest BCUT2D eigenvalue weighted by atomic mass is 10.00. The molecule has 1 aromatic heterocycles. The minimum atomic E-state index is -4.37. The molecule has 1 unspecified atom stereocenters. The van der Waals surface area contributed by atoms with Gasteiger partial charge in [0.2, 0.25) is 0 Å². The smallest absolute Gasteiger partial charge is 0.271 e. The van der Waals surface area contributed by atoms with Crippen molar-refractivity contribution in [3.63, 3.8) is 0 Å². The molecule has 0 radical (unpaired) electrons. The maximum absolute atomic E-state index is 12.8. The second-order valence-corrected chi connectivity index (χ2v) is 7.75. The van der Waals surface area contributed by atoms with Gasteiger partial charge in [0, 0.05) is 5.56 Å². The highest BCUT2D eigenvalue weighted by molar-refractivity contribution is 9.12. The number of hydrogen-bond donors (Lipinski definition) is 2. The average Bonchev–Trinajstić information content (AvgIpc) is 2.69. The molecule has 0 bridgehead atoms. The second kappa shape index (κ2) is 6.15. The number of rotatable bonds is 3. The summed E-state index contributed by atoms with van der Waals surface area (Å²) >= 11 is 8.16. The molecule has 108 valence electrons. The number of hydrogen-bond acceptors (Lipinski definition) is 3. The van der Waals surface area contributed by atoms with Gasteiger partial charge in [0.05, 0.1) is 19.2 Å². The van der Waals surface area contributed by atoms with Gasteiger partial charge in [0.1, 0.15) is 0 Å². The minimum absolute atomic E-state index is 0.452. The second-order valence-electron chi connectivity index (χ2n) is 4.00. The normalized spacial score (nSPS) is 13.5. The zero-order valence-electron chi connectivity index (χ0n) is 9.84. The van der Waals surface area contributed by atoms with Crippen LogP contribution in [0.5, 0.6) is 0 Å². The summed E-state index contributed by atoms with van der Waals surface area (Å²) in [7, 11) is 0. The Kier molecular flexibility index (Phi) is 4.91. The van der Waals surface area contributed by atoms with Crippen LogP contribution in [0.1, 0.15) is 22.7 Å². The molecule has 1 heterocycles. The summed E-state index contributed by atoms with van der Waals surface area (Å²) in [5.41, 5.74) is 3.10. The predicted octanol–water partition coefficient (Wildman–Crippen LogP) is 4.84. The predicted molar refractivity (Wildman–Crippen MR) is 80.3 cm³/mol. The van der Waals surface area contributed by atoms with Gasteiger partial charge < -0.3 is 0 Å². The summed E-state index contributed by atoms with van der Waals surface area (Å²) in [5, 5.41) is 0. The van der Waals surface area contributed by atoms with Crippen molar-refractivity contribution < 1.29 is 13.2 Å². The zero-order valence-corrected chi connectivity index (χ0v) is 13.8. The number of hydrazine groups is 1. The largest absolute Gasteiger partial charge is 0.416 e. The van der Waals surface area contributed by atoms with E-state index in [9.17, 15) is 13.2 Å². The topological polar surface area (TPSA) is 38.0 Å². The van der Waals surface area contributed by atoms with E-state index in [1.54, 1.807) is 6.07 Å². The molecule has 1 atom stereocenters. The van der Waals surface area contributed by atoms with Crippen molar-refractivity contribution >= 4 is 43.2 Å². The Balaban J connectivity index is 2.45. The van der Waals surface area contributed by atoms with Crippen LogP contribution in [0.25, 0.3) is 0 Å². The van der Waals surface area contributed by atoms with Crippen molar-refractivity contribution in [1.82, 2.24) is 5.43 Å². The van der Waals surface area contributed by atoms with Gasteiger partial charge >= 0.3 is 6.18 Å². The standard InChI is InChI=1S/C12H9Br2F3N2S/c13-9-5-8(11(14)20-9)10(19-18)6-2-1-3-7(4-6)12(15,16)17/h1-5,10,19H,18H2. The molecule has 2 aromatic rings. The Morgan fingerprint density at radius 1 is 1.20 bits per heavy atom. The van der Waals surface area contributed by atoms with E-state index in [0.29, 0.717) is 5.56 Å². The van der Waals surface area contributed by atoms with Gasteiger partial charge in [-0.3, -0.25) is 5.84 Å². The quantitative estimate of drug-likeness (QED) is 0.540. The highest BCUT2D eigenvalue weighted by Gasteiger charge is 2.31. The first-order valence-corrected chi connectivity index (χ1v) is 7.81. The molecule has 0 amide bonds. The van der Waals surface area contributed by atoms with E-state index in [1.165, 1.54) is 17.4 Å². The highest BCUT2D eigenvalue weighted by Crippen LogP contribution is 2.38. The molecule has 0 aliphatic rings. The third kappa shape index (κ3) is 3.43. The third-order valence-electron chi connectivity index (χ3n) is 2.71. The van der Waals surface area contributed by atoms with Crippen LogP contribution >= 0.6 is 43.2 Å². The van der Waals surface area contributed by atoms with Crippen LogP contribution < -0.4 is 11.3 Å². The molecule has 0 fully saturated rings. The molecule has 8 heteroatoms. The Morgan fingerprint density at radius 2 is 1.90 bits per heavy atom. The monoisotopic (exact) mass is 428 g/mol. The minimum Gasteiger partial charge on any atom is -0.271 e. The van der Waals surface area contributed by atoms with Crippen LogP contribution in [-0.2, 0) is 6.18 Å². The maximum Gasteiger partial charge on any atom is 0.416 e. The molecule has 3 N–H and O–H groups in total. The summed E-state index contributed by atoms with van der Waals surface area (Å²) in [6.07, 6.45) is -4.37. The molecular weight excluding hydrogens is 421 g/mol. The van der Waals surface area contributed by atoms with Crippen LogP contribution in [0.2, 0.25) is 0 Å². The highest BCUT2D eigenvalue weighted by atomic mass is 79.9. The number of nitrogens with one attached hydrogen (secondary N) is 1. The van der Waals surface area contributed by atoms with Crippen molar-refractivity contribution in [2.75, 3.05) is 0 Å². The van der Waals surface area contributed by atoms with Gasteiger partial charge in [0.25, 0.3) is 0 Å². The van der Waals surface area contributed by atoms with Gasteiger partial charge in [-0.15, -0.1) is 11.3 Å². The first-order valence-electron chi connectivity index (χ1n) is 5.41. The van der Waals surface area contributed by atoms with Crippen molar-refractivity contribution in [2.24, 2.45) is 5.84 Å². The van der Waals surface area contributed by atoms with Crippen LogP contribution in [0.4, 0.5) is 13.2 Å². The first kappa shape index (κ1) is 16.0. The van der Waals surface area contributed by atoms with Crippen molar-refractivity contribution in [3.8, 4) is 0 Å². The Morgan fingerprint density at radius 3 is 2.40 bits per heavy atom. The summed E-state index contributed by atoms with van der Waals surface area (Å²) in [6.45, 7) is 0. The number of benzene rings is 1. The lowest BCUT2D eigenvalue weighted by Gasteiger charge is -2.17. The fourth-order valence-corrected chi connectivity index (χ4v) is 4.71. The molecule has 0 aliphatic heterocycles. The summed E-state index contributed by atoms with van der Waals surface area (Å²) in [5.74, 6) is 5.51. The van der Waals surface area contributed by atoms with Crippen molar-refractivity contribution in [3.05, 3.63) is 54.6 Å². The van der Waals surface area contributed by atoms with E-state index in [1.807, 2.05) is 6.07 Å². The molecule has 0 spiro atoms. The molecule has 0 saturated heterocycles. The fourth-order valence-electron chi connectivity index (χ4n) is 1.81. The van der Waals surface area contributed by atoms with Gasteiger partial charge in [-0.2, -0.15) is 13.2 Å².